The molecule has 1 aromatic carbocycles. The molecule has 1 heterocycles. The maximum absolute atomic E-state index is 13.5. The topological polar surface area (TPSA) is 91.5 Å². The number of aliphatic imine (C=N–C) groups is 1. The van der Waals surface area contributed by atoms with Gasteiger partial charge in [-0.05, 0) is 26.0 Å². The second kappa shape index (κ2) is 10.7. The number of aryl methyl sites for hydroxylation is 2. The average molecular weight is 475 g/mol. The van der Waals surface area contributed by atoms with Gasteiger partial charge in [0.25, 0.3) is 5.91 Å². The molecule has 0 unspecified atom stereocenters. The number of amides is 1. The first kappa shape index (κ1) is 21.9. The van der Waals surface area contributed by atoms with Gasteiger partial charge in [0.1, 0.15) is 11.6 Å². The molecular formula is C17H23FIN5O2. The van der Waals surface area contributed by atoms with Gasteiger partial charge in [-0.1, -0.05) is 12.1 Å². The summed E-state index contributed by atoms with van der Waals surface area (Å²) in [6.07, 6.45) is 0. The van der Waals surface area contributed by atoms with Crippen LogP contribution in [0.15, 0.2) is 33.7 Å². The van der Waals surface area contributed by atoms with E-state index in [1.54, 1.807) is 19.2 Å². The van der Waals surface area contributed by atoms with Gasteiger partial charge in [0, 0.05) is 20.1 Å². The lowest BCUT2D eigenvalue weighted by Crippen LogP contribution is -2.41. The van der Waals surface area contributed by atoms with Crippen LogP contribution in [0.4, 0.5) is 4.39 Å². The predicted octanol–water partition coefficient (Wildman–Crippen LogP) is 2.14. The highest BCUT2D eigenvalue weighted by Crippen LogP contribution is 2.07. The van der Waals surface area contributed by atoms with E-state index in [9.17, 15) is 9.18 Å². The van der Waals surface area contributed by atoms with Crippen molar-refractivity contribution >= 4 is 35.8 Å². The molecule has 0 fully saturated rings. The summed E-state index contributed by atoms with van der Waals surface area (Å²) in [4.78, 5) is 20.2. The maximum Gasteiger partial charge on any atom is 0.254 e. The van der Waals surface area contributed by atoms with Gasteiger partial charge >= 0.3 is 0 Å². The van der Waals surface area contributed by atoms with E-state index in [0.717, 1.165) is 11.5 Å². The van der Waals surface area contributed by atoms with E-state index in [1.807, 2.05) is 13.8 Å². The third-order valence-corrected chi connectivity index (χ3v) is 3.52. The molecule has 2 aromatic rings. The number of aromatic nitrogens is 1. The minimum absolute atomic E-state index is 0. The van der Waals surface area contributed by atoms with Crippen LogP contribution in [0.25, 0.3) is 0 Å². The molecule has 2 rings (SSSR count). The summed E-state index contributed by atoms with van der Waals surface area (Å²) in [5.41, 5.74) is 0.884. The molecule has 3 N–H and O–H groups in total. The number of hydrogen-bond acceptors (Lipinski definition) is 4. The van der Waals surface area contributed by atoms with Crippen LogP contribution in [0.1, 0.15) is 27.7 Å². The first-order valence-corrected chi connectivity index (χ1v) is 7.91. The molecule has 1 aromatic heterocycles. The first-order valence-electron chi connectivity index (χ1n) is 7.91. The molecule has 0 saturated heterocycles. The Bertz CT molecular complexity index is 744. The van der Waals surface area contributed by atoms with E-state index in [2.05, 4.69) is 25.9 Å². The number of halogens is 2. The molecule has 0 atom stereocenters. The molecule has 142 valence electrons. The lowest BCUT2D eigenvalue weighted by atomic mass is 10.2. The van der Waals surface area contributed by atoms with Gasteiger partial charge in [-0.25, -0.2) is 9.37 Å². The summed E-state index contributed by atoms with van der Waals surface area (Å²) in [5.74, 6) is 0.922. The fraction of sp³-hybridized carbons (Fsp3) is 0.353. The number of nitrogens with zero attached hydrogens (tertiary/aromatic N) is 2. The zero-order chi connectivity index (χ0) is 18.2. The highest BCUT2D eigenvalue weighted by Gasteiger charge is 2.10. The van der Waals surface area contributed by atoms with E-state index in [4.69, 9.17) is 4.42 Å². The standard InChI is InChI=1S/C17H22FN5O2.HI/c1-11-12(2)25-15(23-11)10-22-17(19-3)21-9-8-20-16(24)13-6-4-5-7-14(13)18;/h4-7H,8-10H2,1-3H3,(H,20,24)(H2,19,21,22);1H. The fourth-order valence-corrected chi connectivity index (χ4v) is 2.09. The minimum atomic E-state index is -0.540. The molecule has 7 nitrogen and oxygen atoms in total. The van der Waals surface area contributed by atoms with Gasteiger partial charge in [-0.2, -0.15) is 0 Å². The van der Waals surface area contributed by atoms with Gasteiger partial charge in [0.2, 0.25) is 5.89 Å². The number of rotatable bonds is 6. The zero-order valence-electron chi connectivity index (χ0n) is 14.9. The van der Waals surface area contributed by atoms with E-state index in [1.165, 1.54) is 12.1 Å². The number of guanidine groups is 1. The quantitative estimate of drug-likeness (QED) is 0.258. The van der Waals surface area contributed by atoms with Crippen LogP contribution in [-0.2, 0) is 6.54 Å². The second-order valence-corrected chi connectivity index (χ2v) is 5.34. The SMILES string of the molecule is CN=C(NCCNC(=O)c1ccccc1F)NCc1nc(C)c(C)o1.I. The Hall–Kier alpha value is -2.17. The van der Waals surface area contributed by atoms with Crippen molar-refractivity contribution < 1.29 is 13.6 Å². The second-order valence-electron chi connectivity index (χ2n) is 5.34. The molecule has 1 amide bonds. The van der Waals surface area contributed by atoms with Crippen molar-refractivity contribution in [1.82, 2.24) is 20.9 Å². The lowest BCUT2D eigenvalue weighted by molar-refractivity contribution is 0.0950. The van der Waals surface area contributed by atoms with Crippen molar-refractivity contribution in [1.29, 1.82) is 0 Å². The Morgan fingerprint density at radius 1 is 1.19 bits per heavy atom. The summed E-state index contributed by atoms with van der Waals surface area (Å²) >= 11 is 0. The summed E-state index contributed by atoms with van der Waals surface area (Å²) in [6.45, 7) is 4.90. The van der Waals surface area contributed by atoms with Crippen LogP contribution in [0, 0.1) is 19.7 Å². The normalized spacial score (nSPS) is 10.8. The average Bonchev–Trinajstić information content (AvgIpc) is 2.92. The predicted molar refractivity (Wildman–Crippen MR) is 108 cm³/mol. The molecule has 9 heteroatoms. The Balaban J connectivity index is 0.00000338. The monoisotopic (exact) mass is 475 g/mol. The van der Waals surface area contributed by atoms with Gasteiger partial charge in [-0.3, -0.25) is 9.79 Å². The van der Waals surface area contributed by atoms with Crippen LogP contribution in [0.5, 0.6) is 0 Å². The Morgan fingerprint density at radius 2 is 1.88 bits per heavy atom. The number of carbonyl (C=O) groups excluding carboxylic acids is 1. The zero-order valence-corrected chi connectivity index (χ0v) is 17.3. The first-order chi connectivity index (χ1) is 12.0. The molecule has 26 heavy (non-hydrogen) atoms. The van der Waals surface area contributed by atoms with Crippen molar-refractivity contribution in [2.75, 3.05) is 20.1 Å². The third kappa shape index (κ3) is 6.28. The maximum atomic E-state index is 13.5. The number of benzene rings is 1. The molecular weight excluding hydrogens is 452 g/mol. The summed E-state index contributed by atoms with van der Waals surface area (Å²) < 4.78 is 19.0. The molecule has 0 radical (unpaired) electrons. The molecule has 0 aliphatic rings. The van der Waals surface area contributed by atoms with Gasteiger partial charge in [-0.15, -0.1) is 24.0 Å². The largest absolute Gasteiger partial charge is 0.444 e. The van der Waals surface area contributed by atoms with Crippen molar-refractivity contribution in [2.45, 2.75) is 20.4 Å². The number of nitrogens with one attached hydrogen (secondary N) is 3. The third-order valence-electron chi connectivity index (χ3n) is 3.52. The molecule has 0 aliphatic heterocycles. The molecule has 0 saturated carbocycles. The van der Waals surface area contributed by atoms with Crippen molar-refractivity contribution in [3.8, 4) is 0 Å². The minimum Gasteiger partial charge on any atom is -0.444 e. The highest BCUT2D eigenvalue weighted by molar-refractivity contribution is 14.0. The molecule has 0 aliphatic carbocycles. The van der Waals surface area contributed by atoms with Crippen molar-refractivity contribution in [3.63, 3.8) is 0 Å². The van der Waals surface area contributed by atoms with E-state index < -0.39 is 11.7 Å². The molecule has 0 bridgehead atoms. The highest BCUT2D eigenvalue weighted by atomic mass is 127. The van der Waals surface area contributed by atoms with Crippen LogP contribution >= 0.6 is 24.0 Å². The molecule has 0 spiro atoms. The Kier molecular flexibility index (Phi) is 9.03. The fourth-order valence-electron chi connectivity index (χ4n) is 2.09. The number of oxazole rings is 1. The number of hydrogen-bond donors (Lipinski definition) is 3. The Labute approximate surface area is 168 Å². The van der Waals surface area contributed by atoms with Crippen LogP contribution < -0.4 is 16.0 Å². The van der Waals surface area contributed by atoms with Gasteiger partial charge in [0.05, 0.1) is 17.8 Å². The smallest absolute Gasteiger partial charge is 0.254 e. The van der Waals surface area contributed by atoms with E-state index >= 15 is 0 Å². The van der Waals surface area contributed by atoms with Crippen molar-refractivity contribution in [2.24, 2.45) is 4.99 Å². The summed E-state index contributed by atoms with van der Waals surface area (Å²) in [6, 6.07) is 5.86. The van der Waals surface area contributed by atoms with Crippen LogP contribution in [-0.4, -0.2) is 37.0 Å². The Morgan fingerprint density at radius 3 is 2.50 bits per heavy atom. The summed E-state index contributed by atoms with van der Waals surface area (Å²) in [5, 5.41) is 8.76. The van der Waals surface area contributed by atoms with Gasteiger partial charge < -0.3 is 20.4 Å². The lowest BCUT2D eigenvalue weighted by Gasteiger charge is -2.11. The van der Waals surface area contributed by atoms with E-state index in [-0.39, 0.29) is 29.5 Å². The van der Waals surface area contributed by atoms with Gasteiger partial charge in [0.15, 0.2) is 5.96 Å². The van der Waals surface area contributed by atoms with Crippen LogP contribution in [0.2, 0.25) is 0 Å². The number of carbonyl (C=O) groups is 1. The van der Waals surface area contributed by atoms with Crippen molar-refractivity contribution in [3.05, 3.63) is 53.0 Å². The summed E-state index contributed by atoms with van der Waals surface area (Å²) in [7, 11) is 1.64. The van der Waals surface area contributed by atoms with Crippen LogP contribution in [0.3, 0.4) is 0 Å². The van der Waals surface area contributed by atoms with E-state index in [0.29, 0.717) is 31.5 Å².